The molecule has 1 N–H and O–H groups in total. The van der Waals surface area contributed by atoms with Crippen LogP contribution >= 0.6 is 23.4 Å². The molecule has 0 amide bonds. The van der Waals surface area contributed by atoms with Crippen molar-refractivity contribution in [3.63, 3.8) is 0 Å². The number of nitrogens with zero attached hydrogens (tertiary/aromatic N) is 1. The molecule has 0 bridgehead atoms. The van der Waals surface area contributed by atoms with Crippen LogP contribution in [0.1, 0.15) is 18.0 Å². The Morgan fingerprint density at radius 2 is 2.28 bits per heavy atom. The summed E-state index contributed by atoms with van der Waals surface area (Å²) in [5, 5.41) is 4.33. The average molecular weight is 277 g/mol. The van der Waals surface area contributed by atoms with Gasteiger partial charge >= 0.3 is 0 Å². The molecule has 0 radical (unpaired) electrons. The van der Waals surface area contributed by atoms with Crippen molar-refractivity contribution in [3.8, 4) is 0 Å². The summed E-state index contributed by atoms with van der Waals surface area (Å²) >= 11 is 7.99. The van der Waals surface area contributed by atoms with Crippen molar-refractivity contribution in [2.45, 2.75) is 17.4 Å². The minimum Gasteiger partial charge on any atom is -0.377 e. The highest BCUT2D eigenvalue weighted by atomic mass is 35.5. The Bertz CT molecular complexity index is 545. The lowest BCUT2D eigenvalue weighted by Gasteiger charge is -2.26. The highest BCUT2D eigenvalue weighted by molar-refractivity contribution is 7.99. The molecule has 0 spiro atoms. The molecule has 92 valence electrons. The molecule has 1 aromatic heterocycles. The van der Waals surface area contributed by atoms with E-state index in [1.165, 1.54) is 10.5 Å². The van der Waals surface area contributed by atoms with E-state index in [4.69, 9.17) is 11.6 Å². The topological polar surface area (TPSA) is 24.9 Å². The number of aromatic nitrogens is 1. The van der Waals surface area contributed by atoms with Gasteiger partial charge in [-0.25, -0.2) is 0 Å². The maximum atomic E-state index is 6.10. The number of rotatable bonds is 2. The lowest BCUT2D eigenvalue weighted by molar-refractivity contribution is 0.728. The van der Waals surface area contributed by atoms with Crippen LogP contribution in [0.2, 0.25) is 5.02 Å². The van der Waals surface area contributed by atoms with Gasteiger partial charge in [-0.05, 0) is 42.3 Å². The van der Waals surface area contributed by atoms with Crippen molar-refractivity contribution in [1.29, 1.82) is 0 Å². The number of hydrogen-bond donors (Lipinski definition) is 1. The molecule has 2 aromatic rings. The van der Waals surface area contributed by atoms with Gasteiger partial charge in [0.1, 0.15) is 0 Å². The first kappa shape index (κ1) is 11.9. The molecule has 1 aliphatic heterocycles. The normalized spacial score (nSPS) is 18.2. The molecule has 18 heavy (non-hydrogen) atoms. The van der Waals surface area contributed by atoms with Crippen LogP contribution in [0.4, 0.5) is 5.69 Å². The number of halogens is 1. The van der Waals surface area contributed by atoms with Gasteiger partial charge in [-0.3, -0.25) is 4.98 Å². The van der Waals surface area contributed by atoms with Crippen LogP contribution in [-0.2, 0) is 0 Å². The molecular weight excluding hydrogens is 264 g/mol. The summed E-state index contributed by atoms with van der Waals surface area (Å²) in [5.74, 6) is 1.13. The van der Waals surface area contributed by atoms with Gasteiger partial charge in [0, 0.05) is 28.1 Å². The van der Waals surface area contributed by atoms with Crippen LogP contribution in [0.3, 0.4) is 0 Å². The third-order valence-corrected chi connectivity index (χ3v) is 4.37. The minimum absolute atomic E-state index is 0.323. The Hall–Kier alpha value is -1.19. The van der Waals surface area contributed by atoms with E-state index in [2.05, 4.69) is 22.4 Å². The second-order valence-corrected chi connectivity index (χ2v) is 5.83. The standard InChI is InChI=1S/C14H13ClN2S/c15-10-3-4-14-12(8-10)13(5-7-18-14)17-11-2-1-6-16-9-11/h1-4,6,8-9,13,17H,5,7H2. The monoisotopic (exact) mass is 276 g/mol. The Labute approximate surface area is 116 Å². The lowest BCUT2D eigenvalue weighted by Crippen LogP contribution is -2.16. The number of hydrogen-bond acceptors (Lipinski definition) is 3. The van der Waals surface area contributed by atoms with Crippen molar-refractivity contribution >= 4 is 29.1 Å². The summed E-state index contributed by atoms with van der Waals surface area (Å²) in [4.78, 5) is 5.46. The summed E-state index contributed by atoms with van der Waals surface area (Å²) < 4.78 is 0. The van der Waals surface area contributed by atoms with Crippen molar-refractivity contribution in [3.05, 3.63) is 53.3 Å². The SMILES string of the molecule is Clc1ccc2c(c1)C(Nc1cccnc1)CCS2. The van der Waals surface area contributed by atoms with Gasteiger partial charge in [0.2, 0.25) is 0 Å². The number of benzene rings is 1. The second-order valence-electron chi connectivity index (χ2n) is 4.26. The molecule has 0 saturated carbocycles. The predicted molar refractivity (Wildman–Crippen MR) is 77.4 cm³/mol. The molecule has 1 unspecified atom stereocenters. The van der Waals surface area contributed by atoms with E-state index in [1.54, 1.807) is 6.20 Å². The van der Waals surface area contributed by atoms with Gasteiger partial charge in [-0.15, -0.1) is 11.8 Å². The maximum absolute atomic E-state index is 6.10. The van der Waals surface area contributed by atoms with E-state index < -0.39 is 0 Å². The molecule has 1 aliphatic rings. The average Bonchev–Trinajstić information content (AvgIpc) is 2.41. The molecule has 0 saturated heterocycles. The van der Waals surface area contributed by atoms with E-state index in [0.717, 1.165) is 22.9 Å². The Balaban J connectivity index is 1.89. The van der Waals surface area contributed by atoms with Crippen LogP contribution in [-0.4, -0.2) is 10.7 Å². The summed E-state index contributed by atoms with van der Waals surface area (Å²) in [5.41, 5.74) is 2.35. The molecule has 0 fully saturated rings. The van der Waals surface area contributed by atoms with Gasteiger partial charge in [-0.2, -0.15) is 0 Å². The van der Waals surface area contributed by atoms with Crippen LogP contribution in [0.5, 0.6) is 0 Å². The number of thioether (sulfide) groups is 1. The molecule has 4 heteroatoms. The Morgan fingerprint density at radius 3 is 3.11 bits per heavy atom. The van der Waals surface area contributed by atoms with Gasteiger partial charge in [0.05, 0.1) is 11.7 Å². The molecular formula is C14H13ClN2S. The van der Waals surface area contributed by atoms with Crippen LogP contribution < -0.4 is 5.32 Å². The van der Waals surface area contributed by atoms with Gasteiger partial charge in [0.25, 0.3) is 0 Å². The Morgan fingerprint density at radius 1 is 1.33 bits per heavy atom. The molecule has 1 aromatic carbocycles. The van der Waals surface area contributed by atoms with Crippen LogP contribution in [0.25, 0.3) is 0 Å². The quantitative estimate of drug-likeness (QED) is 0.881. The zero-order valence-electron chi connectivity index (χ0n) is 9.77. The first-order chi connectivity index (χ1) is 8.83. The van der Waals surface area contributed by atoms with Crippen LogP contribution in [0, 0.1) is 0 Å². The van der Waals surface area contributed by atoms with E-state index >= 15 is 0 Å². The highest BCUT2D eigenvalue weighted by Crippen LogP contribution is 2.38. The summed E-state index contributed by atoms with van der Waals surface area (Å²) in [6.45, 7) is 0. The second kappa shape index (κ2) is 5.21. The third kappa shape index (κ3) is 2.47. The van der Waals surface area contributed by atoms with E-state index in [-0.39, 0.29) is 0 Å². The summed E-state index contributed by atoms with van der Waals surface area (Å²) in [6.07, 6.45) is 4.74. The smallest absolute Gasteiger partial charge is 0.0533 e. The fraction of sp³-hybridized carbons (Fsp3) is 0.214. The number of anilines is 1. The van der Waals surface area contributed by atoms with Gasteiger partial charge in [0.15, 0.2) is 0 Å². The zero-order valence-corrected chi connectivity index (χ0v) is 11.3. The fourth-order valence-corrected chi connectivity index (χ4v) is 3.45. The van der Waals surface area contributed by atoms with E-state index in [0.29, 0.717) is 6.04 Å². The minimum atomic E-state index is 0.323. The van der Waals surface area contributed by atoms with Crippen molar-refractivity contribution in [2.24, 2.45) is 0 Å². The van der Waals surface area contributed by atoms with Gasteiger partial charge in [-0.1, -0.05) is 11.6 Å². The van der Waals surface area contributed by atoms with Crippen molar-refractivity contribution < 1.29 is 0 Å². The van der Waals surface area contributed by atoms with Crippen molar-refractivity contribution in [2.75, 3.05) is 11.1 Å². The molecule has 2 heterocycles. The Kier molecular flexibility index (Phi) is 3.43. The van der Waals surface area contributed by atoms with Gasteiger partial charge < -0.3 is 5.32 Å². The molecule has 3 rings (SSSR count). The predicted octanol–water partition coefficient (Wildman–Crippen LogP) is 4.38. The number of pyridine rings is 1. The first-order valence-corrected chi connectivity index (χ1v) is 7.28. The molecule has 2 nitrogen and oxygen atoms in total. The third-order valence-electron chi connectivity index (χ3n) is 3.01. The largest absolute Gasteiger partial charge is 0.377 e. The lowest BCUT2D eigenvalue weighted by atomic mass is 10.0. The summed E-state index contributed by atoms with van der Waals surface area (Å²) in [6, 6.07) is 10.4. The van der Waals surface area contributed by atoms with Crippen molar-refractivity contribution in [1.82, 2.24) is 4.98 Å². The molecule has 1 atom stereocenters. The number of fused-ring (bicyclic) bond motifs is 1. The molecule has 0 aliphatic carbocycles. The van der Waals surface area contributed by atoms with Crippen LogP contribution in [0.15, 0.2) is 47.6 Å². The fourth-order valence-electron chi connectivity index (χ4n) is 2.16. The summed E-state index contributed by atoms with van der Waals surface area (Å²) in [7, 11) is 0. The highest BCUT2D eigenvalue weighted by Gasteiger charge is 2.20. The first-order valence-electron chi connectivity index (χ1n) is 5.92. The van der Waals surface area contributed by atoms with E-state index in [1.807, 2.05) is 36.2 Å². The zero-order chi connectivity index (χ0) is 12.4. The van der Waals surface area contributed by atoms with E-state index in [9.17, 15) is 0 Å². The number of nitrogens with one attached hydrogen (secondary N) is 1. The maximum Gasteiger partial charge on any atom is 0.0533 e.